The third-order valence-corrected chi connectivity index (χ3v) is 3.14. The van der Waals surface area contributed by atoms with Crippen LogP contribution in [-0.2, 0) is 11.3 Å². The average molecular weight is 238 g/mol. The third-order valence-electron chi connectivity index (χ3n) is 3.14. The second kappa shape index (κ2) is 5.82. The van der Waals surface area contributed by atoms with Crippen LogP contribution in [0.5, 0.6) is 0 Å². The van der Waals surface area contributed by atoms with Gasteiger partial charge in [-0.15, -0.1) is 0 Å². The fraction of sp³-hybridized carbons (Fsp3) is 0.667. The predicted molar refractivity (Wildman–Crippen MR) is 67.3 cm³/mol. The van der Waals surface area contributed by atoms with Gasteiger partial charge in [0.05, 0.1) is 11.9 Å². The molecule has 0 fully saturated rings. The Morgan fingerprint density at radius 1 is 1.53 bits per heavy atom. The number of carbonyl (C=O) groups is 1. The Morgan fingerprint density at radius 3 is 2.65 bits per heavy atom. The minimum Gasteiger partial charge on any atom is -0.350 e. The van der Waals surface area contributed by atoms with Gasteiger partial charge in [0.2, 0.25) is 5.91 Å². The Labute approximate surface area is 102 Å². The molecular formula is C12H22N4O. The molecule has 0 aliphatic rings. The van der Waals surface area contributed by atoms with Crippen molar-refractivity contribution in [2.45, 2.75) is 51.7 Å². The van der Waals surface area contributed by atoms with Crippen LogP contribution >= 0.6 is 0 Å². The highest BCUT2D eigenvalue weighted by atomic mass is 16.2. The van der Waals surface area contributed by atoms with E-state index in [0.717, 1.165) is 0 Å². The molecule has 5 nitrogen and oxygen atoms in total. The van der Waals surface area contributed by atoms with Crippen LogP contribution in [0, 0.1) is 0 Å². The van der Waals surface area contributed by atoms with Crippen LogP contribution in [0.1, 0.15) is 33.6 Å². The largest absolute Gasteiger partial charge is 0.350 e. The van der Waals surface area contributed by atoms with Crippen LogP contribution in [0.2, 0.25) is 0 Å². The molecule has 1 aromatic heterocycles. The first-order valence-corrected chi connectivity index (χ1v) is 6.07. The fourth-order valence-corrected chi connectivity index (χ4v) is 1.70. The summed E-state index contributed by atoms with van der Waals surface area (Å²) in [6.45, 7) is 6.53. The van der Waals surface area contributed by atoms with Gasteiger partial charge in [0, 0.05) is 25.0 Å². The summed E-state index contributed by atoms with van der Waals surface area (Å²) in [6.07, 6.45) is 6.62. The van der Waals surface area contributed by atoms with E-state index in [2.05, 4.69) is 10.3 Å². The van der Waals surface area contributed by atoms with E-state index in [1.165, 1.54) is 0 Å². The molecule has 3 N–H and O–H groups in total. The highest BCUT2D eigenvalue weighted by Gasteiger charge is 2.30. The summed E-state index contributed by atoms with van der Waals surface area (Å²) in [5.41, 5.74) is 5.28. The maximum atomic E-state index is 12.0. The second-order valence-electron chi connectivity index (χ2n) is 4.50. The number of imidazole rings is 1. The molecule has 0 saturated heterocycles. The quantitative estimate of drug-likeness (QED) is 0.773. The van der Waals surface area contributed by atoms with Crippen molar-refractivity contribution in [2.75, 3.05) is 0 Å². The standard InChI is InChI=1S/C12H22N4O/c1-4-12(13,5-2)11(17)15-10(3)8-16-7-6-14-9-16/h6-7,9-10H,4-5,8,13H2,1-3H3,(H,15,17). The molecule has 1 amide bonds. The Hall–Kier alpha value is -1.36. The number of nitrogens with zero attached hydrogens (tertiary/aromatic N) is 2. The van der Waals surface area contributed by atoms with Crippen LogP contribution in [0.25, 0.3) is 0 Å². The van der Waals surface area contributed by atoms with Crippen LogP contribution in [0.4, 0.5) is 0 Å². The van der Waals surface area contributed by atoms with Gasteiger partial charge in [0.25, 0.3) is 0 Å². The van der Waals surface area contributed by atoms with E-state index in [4.69, 9.17) is 5.73 Å². The highest BCUT2D eigenvalue weighted by Crippen LogP contribution is 2.11. The lowest BCUT2D eigenvalue weighted by molar-refractivity contribution is -0.127. The highest BCUT2D eigenvalue weighted by molar-refractivity contribution is 5.86. The summed E-state index contributed by atoms with van der Waals surface area (Å²) in [5.74, 6) is -0.0740. The summed E-state index contributed by atoms with van der Waals surface area (Å²) >= 11 is 0. The van der Waals surface area contributed by atoms with E-state index in [1.54, 1.807) is 12.5 Å². The molecule has 1 rings (SSSR count). The summed E-state index contributed by atoms with van der Waals surface area (Å²) < 4.78 is 1.93. The van der Waals surface area contributed by atoms with Crippen molar-refractivity contribution in [3.05, 3.63) is 18.7 Å². The van der Waals surface area contributed by atoms with Crippen molar-refractivity contribution in [2.24, 2.45) is 5.73 Å². The van der Waals surface area contributed by atoms with Crippen molar-refractivity contribution in [1.29, 1.82) is 0 Å². The Morgan fingerprint density at radius 2 is 2.18 bits per heavy atom. The molecule has 0 aliphatic carbocycles. The number of amides is 1. The maximum Gasteiger partial charge on any atom is 0.240 e. The predicted octanol–water partition coefficient (Wildman–Crippen LogP) is 0.905. The lowest BCUT2D eigenvalue weighted by Crippen LogP contribution is -2.55. The van der Waals surface area contributed by atoms with Gasteiger partial charge in [-0.05, 0) is 19.8 Å². The molecule has 0 aliphatic heterocycles. The topological polar surface area (TPSA) is 72.9 Å². The third kappa shape index (κ3) is 3.56. The second-order valence-corrected chi connectivity index (χ2v) is 4.50. The number of hydrogen-bond acceptors (Lipinski definition) is 3. The zero-order valence-electron chi connectivity index (χ0n) is 10.8. The number of nitrogens with one attached hydrogen (secondary N) is 1. The molecule has 17 heavy (non-hydrogen) atoms. The first-order chi connectivity index (χ1) is 8.01. The lowest BCUT2D eigenvalue weighted by Gasteiger charge is -2.27. The Bertz CT molecular complexity index is 343. The van der Waals surface area contributed by atoms with E-state index < -0.39 is 5.54 Å². The van der Waals surface area contributed by atoms with Crippen molar-refractivity contribution in [3.8, 4) is 0 Å². The molecule has 0 bridgehead atoms. The molecule has 5 heteroatoms. The zero-order valence-corrected chi connectivity index (χ0v) is 10.8. The fourth-order valence-electron chi connectivity index (χ4n) is 1.70. The van der Waals surface area contributed by atoms with Gasteiger partial charge >= 0.3 is 0 Å². The minimum atomic E-state index is -0.747. The molecule has 1 atom stereocenters. The van der Waals surface area contributed by atoms with Gasteiger partial charge in [-0.1, -0.05) is 13.8 Å². The van der Waals surface area contributed by atoms with Crippen molar-refractivity contribution < 1.29 is 4.79 Å². The normalized spacial score (nSPS) is 13.4. The molecule has 1 aromatic rings. The summed E-state index contributed by atoms with van der Waals surface area (Å²) in [4.78, 5) is 16.0. The van der Waals surface area contributed by atoms with Crippen LogP contribution in [0.15, 0.2) is 18.7 Å². The van der Waals surface area contributed by atoms with Crippen molar-refractivity contribution >= 4 is 5.91 Å². The van der Waals surface area contributed by atoms with Gasteiger partial charge in [0.15, 0.2) is 0 Å². The van der Waals surface area contributed by atoms with E-state index in [1.807, 2.05) is 31.5 Å². The number of aromatic nitrogens is 2. The summed E-state index contributed by atoms with van der Waals surface area (Å²) in [7, 11) is 0. The molecule has 0 saturated carbocycles. The number of hydrogen-bond donors (Lipinski definition) is 2. The molecule has 0 spiro atoms. The lowest BCUT2D eigenvalue weighted by atomic mass is 9.93. The monoisotopic (exact) mass is 238 g/mol. The first-order valence-electron chi connectivity index (χ1n) is 6.07. The Balaban J connectivity index is 2.51. The summed E-state index contributed by atoms with van der Waals surface area (Å²) in [5, 5.41) is 2.95. The van der Waals surface area contributed by atoms with Crippen LogP contribution < -0.4 is 11.1 Å². The van der Waals surface area contributed by atoms with Crippen LogP contribution in [-0.4, -0.2) is 27.0 Å². The molecule has 96 valence electrons. The number of rotatable bonds is 6. The zero-order chi connectivity index (χ0) is 12.9. The van der Waals surface area contributed by atoms with Gasteiger partial charge < -0.3 is 15.6 Å². The van der Waals surface area contributed by atoms with Crippen molar-refractivity contribution in [1.82, 2.24) is 14.9 Å². The van der Waals surface area contributed by atoms with Crippen molar-refractivity contribution in [3.63, 3.8) is 0 Å². The number of carbonyl (C=O) groups excluding carboxylic acids is 1. The van der Waals surface area contributed by atoms with Gasteiger partial charge in [-0.2, -0.15) is 0 Å². The molecule has 0 aromatic carbocycles. The molecular weight excluding hydrogens is 216 g/mol. The van der Waals surface area contributed by atoms with E-state index >= 15 is 0 Å². The summed E-state index contributed by atoms with van der Waals surface area (Å²) in [6, 6.07) is 0.0396. The van der Waals surface area contributed by atoms with Gasteiger partial charge in [-0.25, -0.2) is 4.98 Å². The maximum absolute atomic E-state index is 12.0. The average Bonchev–Trinajstić information content (AvgIpc) is 2.80. The van der Waals surface area contributed by atoms with Gasteiger partial charge in [0.1, 0.15) is 0 Å². The van der Waals surface area contributed by atoms with E-state index in [9.17, 15) is 4.79 Å². The van der Waals surface area contributed by atoms with Gasteiger partial charge in [-0.3, -0.25) is 4.79 Å². The Kier molecular flexibility index (Phi) is 4.69. The van der Waals surface area contributed by atoms with E-state index in [-0.39, 0.29) is 11.9 Å². The SMILES string of the molecule is CCC(N)(CC)C(=O)NC(C)Cn1ccnc1. The smallest absolute Gasteiger partial charge is 0.240 e. The van der Waals surface area contributed by atoms with Crippen LogP contribution in [0.3, 0.4) is 0 Å². The molecule has 1 unspecified atom stereocenters. The first kappa shape index (κ1) is 13.7. The minimum absolute atomic E-state index is 0.0396. The molecule has 1 heterocycles. The molecule has 0 radical (unpaired) electrons. The number of nitrogens with two attached hydrogens (primary N) is 1. The van der Waals surface area contributed by atoms with E-state index in [0.29, 0.717) is 19.4 Å².